The smallest absolute Gasteiger partial charge is 0.251 e. The van der Waals surface area contributed by atoms with Crippen LogP contribution in [0.4, 0.5) is 0 Å². The minimum Gasteiger partial charge on any atom is -0.352 e. The van der Waals surface area contributed by atoms with Crippen LogP contribution in [0.5, 0.6) is 0 Å². The van der Waals surface area contributed by atoms with Crippen LogP contribution in [0.2, 0.25) is 0 Å². The van der Waals surface area contributed by atoms with Gasteiger partial charge in [-0.2, -0.15) is 0 Å². The number of β-lactam (4-membered cyclic amide) rings is 1. The van der Waals surface area contributed by atoms with Crippen LogP contribution in [0.3, 0.4) is 0 Å². The van der Waals surface area contributed by atoms with Crippen molar-refractivity contribution in [3.05, 3.63) is 35.4 Å². The number of hydrogen-bond acceptors (Lipinski definition) is 8. The Kier molecular flexibility index (Phi) is 13.5. The molecule has 1 saturated heterocycles. The fraction of sp³-hybridized carbons (Fsp3) is 0.700. The summed E-state index contributed by atoms with van der Waals surface area (Å²) in [5.74, 6) is -4.33. The number of nitrogens with two attached hydrogens (primary N) is 2. The summed E-state index contributed by atoms with van der Waals surface area (Å²) < 4.78 is 0. The molecule has 13 nitrogen and oxygen atoms in total. The van der Waals surface area contributed by atoms with Gasteiger partial charge in [0.2, 0.25) is 29.5 Å². The minimum atomic E-state index is -1.05. The lowest BCUT2D eigenvalue weighted by Crippen LogP contribution is -2.62. The van der Waals surface area contributed by atoms with Gasteiger partial charge in [0.15, 0.2) is 0 Å². The van der Waals surface area contributed by atoms with Crippen LogP contribution < -0.4 is 32.7 Å². The zero-order valence-corrected chi connectivity index (χ0v) is 32.8. The number of rotatable bonds is 13. The lowest BCUT2D eigenvalue weighted by atomic mass is 9.79. The molecule has 53 heavy (non-hydrogen) atoms. The summed E-state index contributed by atoms with van der Waals surface area (Å²) in [6, 6.07) is 6.53. The highest BCUT2D eigenvalue weighted by molar-refractivity contribution is 6.01. The van der Waals surface area contributed by atoms with Crippen LogP contribution in [-0.2, 0) is 29.4 Å². The van der Waals surface area contributed by atoms with Gasteiger partial charge in [0.25, 0.3) is 5.91 Å². The van der Waals surface area contributed by atoms with Gasteiger partial charge in [-0.25, -0.2) is 0 Å². The van der Waals surface area contributed by atoms with E-state index in [0.29, 0.717) is 44.2 Å². The van der Waals surface area contributed by atoms with Gasteiger partial charge < -0.3 is 32.7 Å². The molecule has 0 bridgehead atoms. The molecule has 6 amide bonds. The number of benzene rings is 1. The topological polar surface area (TPSA) is 206 Å². The predicted octanol–water partition coefficient (Wildman–Crippen LogP) is 2.65. The molecular weight excluding hydrogens is 674 g/mol. The molecule has 8 N–H and O–H groups in total. The number of likely N-dealkylation sites (tertiary alicyclic amines) is 1. The van der Waals surface area contributed by atoms with E-state index < -0.39 is 46.8 Å². The highest BCUT2D eigenvalue weighted by atomic mass is 16.2. The molecule has 1 heterocycles. The molecule has 3 aliphatic rings. The van der Waals surface area contributed by atoms with Crippen molar-refractivity contribution < 1.29 is 28.8 Å². The Balaban J connectivity index is 1.39. The minimum absolute atomic E-state index is 0.0201. The zero-order chi connectivity index (χ0) is 39.3. The van der Waals surface area contributed by atoms with E-state index >= 15 is 0 Å². The van der Waals surface area contributed by atoms with Gasteiger partial charge in [-0.3, -0.25) is 33.7 Å². The Morgan fingerprint density at radius 3 is 1.64 bits per heavy atom. The normalized spacial score (nSPS) is 23.6. The summed E-state index contributed by atoms with van der Waals surface area (Å²) in [6.45, 7) is 13.7. The number of carbonyl (C=O) groups is 6. The lowest BCUT2D eigenvalue weighted by molar-refractivity contribution is -0.156. The van der Waals surface area contributed by atoms with E-state index in [1.165, 1.54) is 4.90 Å². The second-order valence-electron chi connectivity index (χ2n) is 17.4. The second-order valence-corrected chi connectivity index (χ2v) is 17.4. The van der Waals surface area contributed by atoms with Crippen molar-refractivity contribution in [3.8, 4) is 0 Å². The van der Waals surface area contributed by atoms with Gasteiger partial charge in [-0.1, -0.05) is 58.6 Å². The molecule has 2 saturated carbocycles. The Bertz CT molecular complexity index is 1520. The van der Waals surface area contributed by atoms with E-state index in [-0.39, 0.29) is 53.9 Å². The van der Waals surface area contributed by atoms with E-state index in [4.69, 9.17) is 11.5 Å². The third-order valence-corrected chi connectivity index (χ3v) is 11.7. The summed E-state index contributed by atoms with van der Waals surface area (Å²) in [7, 11) is 0. The summed E-state index contributed by atoms with van der Waals surface area (Å²) in [4.78, 5) is 81.1. The number of nitrogens with zero attached hydrogens (tertiary/aromatic N) is 1. The summed E-state index contributed by atoms with van der Waals surface area (Å²) in [5, 5.41) is 12.2. The molecule has 0 radical (unpaired) electrons. The first-order valence-electron chi connectivity index (χ1n) is 19.4. The van der Waals surface area contributed by atoms with Crippen LogP contribution in [-0.4, -0.2) is 83.1 Å². The van der Waals surface area contributed by atoms with Crippen molar-refractivity contribution in [3.63, 3.8) is 0 Å². The summed E-state index contributed by atoms with van der Waals surface area (Å²) in [6.07, 6.45) is 6.04. The first kappa shape index (κ1) is 41.9. The molecule has 2 aliphatic carbocycles. The molecule has 0 spiro atoms. The third kappa shape index (κ3) is 10.0. The van der Waals surface area contributed by atoms with Crippen molar-refractivity contribution in [2.75, 3.05) is 19.6 Å². The molecule has 3 fully saturated rings. The van der Waals surface area contributed by atoms with Gasteiger partial charge in [0.1, 0.15) is 0 Å². The first-order chi connectivity index (χ1) is 24.8. The van der Waals surface area contributed by atoms with Gasteiger partial charge in [0.05, 0.1) is 23.7 Å². The Labute approximate surface area is 314 Å². The molecule has 0 aromatic heterocycles. The van der Waals surface area contributed by atoms with Crippen LogP contribution in [0.25, 0.3) is 0 Å². The van der Waals surface area contributed by atoms with E-state index in [2.05, 4.69) is 42.0 Å². The zero-order valence-electron chi connectivity index (χ0n) is 32.8. The molecule has 2 unspecified atom stereocenters. The van der Waals surface area contributed by atoms with E-state index in [1.54, 1.807) is 39.8 Å². The van der Waals surface area contributed by atoms with Crippen LogP contribution >= 0.6 is 0 Å². The average Bonchev–Trinajstić information content (AvgIpc) is 3.07. The first-order valence-corrected chi connectivity index (χ1v) is 19.4. The van der Waals surface area contributed by atoms with Gasteiger partial charge in [0, 0.05) is 54.8 Å². The monoisotopic (exact) mass is 737 g/mol. The fourth-order valence-electron chi connectivity index (χ4n) is 8.06. The number of nitrogens with one attached hydrogen (secondary N) is 4. The van der Waals surface area contributed by atoms with Crippen molar-refractivity contribution in [2.24, 2.45) is 35.1 Å². The molecule has 294 valence electrons. The van der Waals surface area contributed by atoms with Crippen LogP contribution in [0.1, 0.15) is 122 Å². The maximum absolute atomic E-state index is 14.0. The summed E-state index contributed by atoms with van der Waals surface area (Å²) in [5.41, 5.74) is 11.8. The number of carbonyl (C=O) groups excluding carboxylic acids is 6. The quantitative estimate of drug-likeness (QED) is 0.131. The summed E-state index contributed by atoms with van der Waals surface area (Å²) >= 11 is 0. The van der Waals surface area contributed by atoms with Gasteiger partial charge in [-0.15, -0.1) is 0 Å². The van der Waals surface area contributed by atoms with Crippen molar-refractivity contribution in [2.45, 2.75) is 135 Å². The van der Waals surface area contributed by atoms with E-state index in [0.717, 1.165) is 31.2 Å². The molecule has 1 aromatic rings. The van der Waals surface area contributed by atoms with Crippen molar-refractivity contribution in [1.82, 2.24) is 26.2 Å². The van der Waals surface area contributed by atoms with Gasteiger partial charge in [-0.05, 0) is 76.5 Å². The van der Waals surface area contributed by atoms with Crippen molar-refractivity contribution >= 4 is 35.4 Å². The van der Waals surface area contributed by atoms with Gasteiger partial charge >= 0.3 is 0 Å². The average molecular weight is 738 g/mol. The molecular formula is C40H63N7O6. The SMILES string of the molecule is CC(C)(C)c1ccc(C(=O)NC(C)(C)C(CN)C(=O)N[C@@H]2CCCC[C@@H]2C(=O)NC(C)(C)C(CN)C(=O)N[C@@H]2CCCC[C@@H]2C(=O)N2CCC2=O)cc1. The largest absolute Gasteiger partial charge is 0.352 e. The van der Waals surface area contributed by atoms with Crippen LogP contribution in [0, 0.1) is 23.7 Å². The Hall–Kier alpha value is -3.84. The highest BCUT2D eigenvalue weighted by Crippen LogP contribution is 2.31. The molecule has 1 aromatic carbocycles. The molecule has 6 atom stereocenters. The fourth-order valence-corrected chi connectivity index (χ4v) is 8.06. The molecule has 13 heteroatoms. The highest BCUT2D eigenvalue weighted by Gasteiger charge is 2.44. The Morgan fingerprint density at radius 1 is 0.717 bits per heavy atom. The van der Waals surface area contributed by atoms with Crippen molar-refractivity contribution in [1.29, 1.82) is 0 Å². The standard InChI is InChI=1S/C40H63N7O6/c1-38(2,3)25-18-16-24(17-19-25)33(49)45-39(4,5)28(22-41)35(51)43-30-14-10-8-12-26(30)34(50)46-40(6,7)29(23-42)36(52)44-31-15-11-9-13-27(31)37(53)47-21-20-32(47)48/h16-19,26-31H,8-15,20-23,41-42H2,1-7H3,(H,43,51)(H,44,52)(H,45,49)(H,46,50)/t26-,27-,28?,29?,30+,31+/m0/s1. The maximum Gasteiger partial charge on any atom is 0.251 e. The van der Waals surface area contributed by atoms with E-state index in [9.17, 15) is 28.8 Å². The van der Waals surface area contributed by atoms with Crippen LogP contribution in [0.15, 0.2) is 24.3 Å². The lowest BCUT2D eigenvalue weighted by Gasteiger charge is -2.40. The molecule has 1 aliphatic heterocycles. The van der Waals surface area contributed by atoms with E-state index in [1.807, 2.05) is 12.1 Å². The number of amides is 6. The predicted molar refractivity (Wildman–Crippen MR) is 203 cm³/mol. The number of imide groups is 1. The second kappa shape index (κ2) is 17.1. The Morgan fingerprint density at radius 2 is 1.19 bits per heavy atom. The third-order valence-electron chi connectivity index (χ3n) is 11.7. The molecule has 4 rings (SSSR count). The number of hydrogen-bond donors (Lipinski definition) is 6. The maximum atomic E-state index is 14.0.